The number of benzene rings is 1. The molecule has 21 heavy (non-hydrogen) atoms. The summed E-state index contributed by atoms with van der Waals surface area (Å²) in [5.41, 5.74) is 1.93. The van der Waals surface area contributed by atoms with E-state index in [0.717, 1.165) is 11.3 Å². The zero-order valence-corrected chi connectivity index (χ0v) is 11.6. The average molecular weight is 296 g/mol. The van der Waals surface area contributed by atoms with E-state index in [1.807, 2.05) is 59.4 Å². The molecule has 0 spiro atoms. The van der Waals surface area contributed by atoms with Crippen molar-refractivity contribution in [1.82, 2.24) is 24.1 Å². The van der Waals surface area contributed by atoms with Crippen LogP contribution in [0.25, 0.3) is 23.0 Å². The van der Waals surface area contributed by atoms with Gasteiger partial charge in [0, 0.05) is 29.2 Å². The first-order valence-electron chi connectivity index (χ1n) is 6.42. The second-order valence-electron chi connectivity index (χ2n) is 4.55. The van der Waals surface area contributed by atoms with Crippen molar-refractivity contribution in [2.24, 2.45) is 0 Å². The third-order valence-corrected chi connectivity index (χ3v) is 3.46. The number of hydrogen-bond donors (Lipinski definition) is 0. The normalized spacial score (nSPS) is 11.1. The van der Waals surface area contributed by atoms with E-state index in [9.17, 15) is 0 Å². The topological polar surface area (TPSA) is 48.0 Å². The molecule has 0 aliphatic heterocycles. The summed E-state index contributed by atoms with van der Waals surface area (Å²) in [6.07, 6.45) is 5.53. The summed E-state index contributed by atoms with van der Waals surface area (Å²) in [4.78, 5) is 8.70. The molecule has 0 fully saturated rings. The fourth-order valence-corrected chi connectivity index (χ4v) is 2.33. The van der Waals surface area contributed by atoms with Gasteiger partial charge in [-0.1, -0.05) is 23.7 Å². The largest absolute Gasteiger partial charge is 0.291 e. The van der Waals surface area contributed by atoms with Gasteiger partial charge in [-0.25, -0.2) is 4.98 Å². The van der Waals surface area contributed by atoms with Crippen LogP contribution < -0.4 is 0 Å². The van der Waals surface area contributed by atoms with Crippen LogP contribution in [-0.2, 0) is 0 Å². The minimum Gasteiger partial charge on any atom is -0.291 e. The number of fused-ring (bicyclic) bond motifs is 1. The highest BCUT2D eigenvalue weighted by Gasteiger charge is 2.10. The molecule has 4 aromatic rings. The summed E-state index contributed by atoms with van der Waals surface area (Å²) in [6, 6.07) is 13.4. The molecule has 1 aromatic carbocycles. The van der Waals surface area contributed by atoms with Crippen molar-refractivity contribution in [3.63, 3.8) is 0 Å². The molecule has 3 heterocycles. The van der Waals surface area contributed by atoms with Gasteiger partial charge in [-0.2, -0.15) is 9.50 Å². The van der Waals surface area contributed by atoms with Gasteiger partial charge in [0.05, 0.1) is 5.69 Å². The molecule has 0 aliphatic carbocycles. The van der Waals surface area contributed by atoms with E-state index in [2.05, 4.69) is 15.1 Å². The first-order valence-corrected chi connectivity index (χ1v) is 6.80. The van der Waals surface area contributed by atoms with Crippen molar-refractivity contribution in [2.75, 3.05) is 0 Å². The van der Waals surface area contributed by atoms with E-state index in [1.54, 1.807) is 10.7 Å². The molecular weight excluding hydrogens is 286 g/mol. The number of aromatic nitrogens is 5. The first kappa shape index (κ1) is 12.1. The Balaban J connectivity index is 1.92. The summed E-state index contributed by atoms with van der Waals surface area (Å²) in [6.45, 7) is 0. The number of hydrogen-bond acceptors (Lipinski definition) is 3. The number of nitrogens with zero attached hydrogens (tertiary/aromatic N) is 5. The summed E-state index contributed by atoms with van der Waals surface area (Å²) in [7, 11) is 0. The Hall–Kier alpha value is -2.66. The molecular formula is C15H10ClN5. The van der Waals surface area contributed by atoms with Gasteiger partial charge in [0.15, 0.2) is 0 Å². The van der Waals surface area contributed by atoms with Gasteiger partial charge in [-0.15, -0.1) is 5.10 Å². The lowest BCUT2D eigenvalue weighted by Gasteiger charge is -2.03. The zero-order chi connectivity index (χ0) is 14.2. The smallest absolute Gasteiger partial charge is 0.255 e. The Morgan fingerprint density at radius 2 is 1.71 bits per heavy atom. The Kier molecular flexibility index (Phi) is 2.72. The van der Waals surface area contributed by atoms with Crippen LogP contribution >= 0.6 is 11.6 Å². The molecule has 0 radical (unpaired) electrons. The lowest BCUT2D eigenvalue weighted by molar-refractivity contribution is 0.889. The van der Waals surface area contributed by atoms with Crippen LogP contribution in [0.15, 0.2) is 61.1 Å². The fourth-order valence-electron chi connectivity index (χ4n) is 2.20. The van der Waals surface area contributed by atoms with Crippen molar-refractivity contribution in [3.05, 3.63) is 66.1 Å². The van der Waals surface area contributed by atoms with Gasteiger partial charge >= 0.3 is 0 Å². The predicted molar refractivity (Wildman–Crippen MR) is 80.6 cm³/mol. The maximum atomic E-state index is 5.94. The van der Waals surface area contributed by atoms with E-state index in [1.165, 1.54) is 0 Å². The lowest BCUT2D eigenvalue weighted by atomic mass is 10.1. The van der Waals surface area contributed by atoms with Crippen LogP contribution in [0, 0.1) is 0 Å². The van der Waals surface area contributed by atoms with Crippen LogP contribution in [-0.4, -0.2) is 24.1 Å². The molecule has 3 aromatic heterocycles. The van der Waals surface area contributed by atoms with Gasteiger partial charge < -0.3 is 0 Å². The molecule has 0 amide bonds. The van der Waals surface area contributed by atoms with Crippen molar-refractivity contribution >= 4 is 17.4 Å². The molecule has 4 rings (SSSR count). The van der Waals surface area contributed by atoms with E-state index < -0.39 is 0 Å². The minimum absolute atomic E-state index is 0.561. The molecule has 0 bridgehead atoms. The highest BCUT2D eigenvalue weighted by Crippen LogP contribution is 2.21. The van der Waals surface area contributed by atoms with Gasteiger partial charge in [-0.3, -0.25) is 4.57 Å². The average Bonchev–Trinajstić information content (AvgIpc) is 3.16. The SMILES string of the molecule is Clc1ccc(-c2ccnc3nc(-n4cccc4)nn23)cc1. The van der Waals surface area contributed by atoms with Crippen molar-refractivity contribution in [1.29, 1.82) is 0 Å². The summed E-state index contributed by atoms with van der Waals surface area (Å²) < 4.78 is 3.58. The van der Waals surface area contributed by atoms with Crippen molar-refractivity contribution in [2.45, 2.75) is 0 Å². The van der Waals surface area contributed by atoms with E-state index in [0.29, 0.717) is 16.7 Å². The zero-order valence-electron chi connectivity index (χ0n) is 10.9. The summed E-state index contributed by atoms with van der Waals surface area (Å²) >= 11 is 5.94. The molecule has 0 N–H and O–H groups in total. The molecule has 6 heteroatoms. The van der Waals surface area contributed by atoms with E-state index in [4.69, 9.17) is 11.6 Å². The van der Waals surface area contributed by atoms with Gasteiger partial charge in [0.1, 0.15) is 0 Å². The summed E-state index contributed by atoms with van der Waals surface area (Å²) in [5, 5.41) is 5.23. The van der Waals surface area contributed by atoms with E-state index >= 15 is 0 Å². The van der Waals surface area contributed by atoms with Crippen molar-refractivity contribution in [3.8, 4) is 17.2 Å². The van der Waals surface area contributed by atoms with Crippen molar-refractivity contribution < 1.29 is 0 Å². The number of halogens is 1. The number of rotatable bonds is 2. The van der Waals surface area contributed by atoms with Crippen LogP contribution in [0.4, 0.5) is 0 Å². The standard InChI is InChI=1S/C15H10ClN5/c16-12-5-3-11(4-6-12)13-7-8-17-14-18-15(19-21(13)14)20-9-1-2-10-20/h1-10H. The van der Waals surface area contributed by atoms with Crippen LogP contribution in [0.2, 0.25) is 5.02 Å². The van der Waals surface area contributed by atoms with Crippen LogP contribution in [0.5, 0.6) is 0 Å². The quantitative estimate of drug-likeness (QED) is 0.570. The predicted octanol–water partition coefficient (Wildman–Crippen LogP) is 3.24. The van der Waals surface area contributed by atoms with Crippen LogP contribution in [0.3, 0.4) is 0 Å². The highest BCUT2D eigenvalue weighted by atomic mass is 35.5. The third-order valence-electron chi connectivity index (χ3n) is 3.20. The monoisotopic (exact) mass is 295 g/mol. The minimum atomic E-state index is 0.561. The first-order chi connectivity index (χ1) is 10.3. The lowest BCUT2D eigenvalue weighted by Crippen LogP contribution is -1.97. The Bertz CT molecular complexity index is 894. The molecule has 0 saturated carbocycles. The summed E-state index contributed by atoms with van der Waals surface area (Å²) in [5.74, 6) is 1.15. The Labute approximate surface area is 125 Å². The molecule has 0 saturated heterocycles. The molecule has 102 valence electrons. The van der Waals surface area contributed by atoms with E-state index in [-0.39, 0.29) is 0 Å². The Morgan fingerprint density at radius 3 is 2.48 bits per heavy atom. The maximum Gasteiger partial charge on any atom is 0.255 e. The molecule has 0 atom stereocenters. The van der Waals surface area contributed by atoms with Gasteiger partial charge in [-0.05, 0) is 30.3 Å². The maximum absolute atomic E-state index is 5.94. The second kappa shape index (κ2) is 4.71. The molecule has 5 nitrogen and oxygen atoms in total. The van der Waals surface area contributed by atoms with Crippen LogP contribution in [0.1, 0.15) is 0 Å². The third kappa shape index (κ3) is 2.08. The fraction of sp³-hybridized carbons (Fsp3) is 0. The molecule has 0 unspecified atom stereocenters. The van der Waals surface area contributed by atoms with Gasteiger partial charge in [0.25, 0.3) is 11.7 Å². The highest BCUT2D eigenvalue weighted by molar-refractivity contribution is 6.30. The second-order valence-corrected chi connectivity index (χ2v) is 4.99. The molecule has 0 aliphatic rings. The van der Waals surface area contributed by atoms with Gasteiger partial charge in [0.2, 0.25) is 0 Å². The Morgan fingerprint density at radius 1 is 0.952 bits per heavy atom.